The third kappa shape index (κ3) is 5.14. The normalized spacial score (nSPS) is 21.5. The summed E-state index contributed by atoms with van der Waals surface area (Å²) in [5, 5.41) is 7.68. The summed E-state index contributed by atoms with van der Waals surface area (Å²) in [6.07, 6.45) is 11.5. The Morgan fingerprint density at radius 3 is 2.62 bits per heavy atom. The smallest absolute Gasteiger partial charge is 0.408 e. The SMILES string of the molecule is CC(C)(C)OC(=O)N[C@@H]1c2ccccc2CC12CCN(c1cnc(Sc3ccnc4c3OCC3(CCC3)N4)cn1)CC2. The van der Waals surface area contributed by atoms with Gasteiger partial charge >= 0.3 is 6.09 Å². The van der Waals surface area contributed by atoms with Gasteiger partial charge in [-0.3, -0.25) is 0 Å². The number of benzene rings is 1. The minimum atomic E-state index is -0.540. The second-order valence-electron chi connectivity index (χ2n) is 13.2. The average molecular weight is 587 g/mol. The van der Waals surface area contributed by atoms with Crippen molar-refractivity contribution in [3.8, 4) is 5.75 Å². The number of piperidine rings is 1. The molecule has 42 heavy (non-hydrogen) atoms. The van der Waals surface area contributed by atoms with E-state index in [1.54, 1.807) is 11.8 Å². The summed E-state index contributed by atoms with van der Waals surface area (Å²) in [6, 6.07) is 10.4. The van der Waals surface area contributed by atoms with E-state index in [-0.39, 0.29) is 23.1 Å². The van der Waals surface area contributed by atoms with Gasteiger partial charge in [-0.1, -0.05) is 36.0 Å². The van der Waals surface area contributed by atoms with E-state index in [0.717, 1.165) is 72.5 Å². The number of pyridine rings is 1. The summed E-state index contributed by atoms with van der Waals surface area (Å²) < 4.78 is 11.8. The van der Waals surface area contributed by atoms with Crippen molar-refractivity contribution in [1.29, 1.82) is 0 Å². The second kappa shape index (κ2) is 10.3. The summed E-state index contributed by atoms with van der Waals surface area (Å²) in [5.74, 6) is 2.51. The van der Waals surface area contributed by atoms with Crippen molar-refractivity contribution in [1.82, 2.24) is 20.3 Å². The lowest BCUT2D eigenvalue weighted by Gasteiger charge is -2.45. The summed E-state index contributed by atoms with van der Waals surface area (Å²) in [7, 11) is 0. The van der Waals surface area contributed by atoms with E-state index in [1.165, 1.54) is 17.5 Å². The van der Waals surface area contributed by atoms with Gasteiger partial charge < -0.3 is 25.0 Å². The first-order valence-electron chi connectivity index (χ1n) is 14.9. The van der Waals surface area contributed by atoms with E-state index in [9.17, 15) is 4.79 Å². The fourth-order valence-corrected chi connectivity index (χ4v) is 7.65. The molecule has 2 fully saturated rings. The zero-order valence-corrected chi connectivity index (χ0v) is 25.3. The Bertz CT molecular complexity index is 1480. The minimum absolute atomic E-state index is 0.0488. The van der Waals surface area contributed by atoms with Gasteiger partial charge in [0.15, 0.2) is 11.6 Å². The molecule has 1 amide bonds. The van der Waals surface area contributed by atoms with E-state index < -0.39 is 5.60 Å². The first-order chi connectivity index (χ1) is 20.2. The van der Waals surface area contributed by atoms with Crippen LogP contribution in [0.15, 0.2) is 58.8 Å². The third-order valence-corrected chi connectivity index (χ3v) is 10.1. The lowest BCUT2D eigenvalue weighted by molar-refractivity contribution is 0.0428. The number of nitrogens with zero attached hydrogens (tertiary/aromatic N) is 4. The number of fused-ring (bicyclic) bond motifs is 2. The number of carbonyl (C=O) groups is 1. The van der Waals surface area contributed by atoms with Gasteiger partial charge in [0.1, 0.15) is 23.1 Å². The first-order valence-corrected chi connectivity index (χ1v) is 15.7. The molecule has 7 rings (SSSR count). The van der Waals surface area contributed by atoms with Crippen LogP contribution in [0.1, 0.15) is 70.0 Å². The Morgan fingerprint density at radius 2 is 1.90 bits per heavy atom. The van der Waals surface area contributed by atoms with Crippen molar-refractivity contribution >= 4 is 29.5 Å². The molecule has 1 saturated carbocycles. The summed E-state index contributed by atoms with van der Waals surface area (Å²) >= 11 is 1.55. The Balaban J connectivity index is 1.02. The second-order valence-corrected chi connectivity index (χ2v) is 14.2. The number of nitrogens with one attached hydrogen (secondary N) is 2. The minimum Gasteiger partial charge on any atom is -0.486 e. The quantitative estimate of drug-likeness (QED) is 0.372. The van der Waals surface area contributed by atoms with Crippen molar-refractivity contribution in [2.24, 2.45) is 5.41 Å². The standard InChI is InChI=1S/C32H38N6O3S/c1-30(2,3)41-29(39)36-27-22-8-5-4-7-21(22)17-31(27)12-15-38(16-13-31)24-18-35-25(19-34-24)42-23-9-14-33-28-26(23)40-20-32(37-28)10-6-11-32/h4-5,7-9,14,18-19,27H,6,10-13,15-17,20H2,1-3H3,(H,33,37)(H,36,39)/t27-/m1/s1. The largest absolute Gasteiger partial charge is 0.486 e. The van der Waals surface area contributed by atoms with Gasteiger partial charge in [-0.15, -0.1) is 0 Å². The van der Waals surface area contributed by atoms with Gasteiger partial charge in [0.05, 0.1) is 28.9 Å². The van der Waals surface area contributed by atoms with Crippen LogP contribution >= 0.6 is 11.8 Å². The van der Waals surface area contributed by atoms with Gasteiger partial charge in [0.25, 0.3) is 0 Å². The molecule has 2 aromatic heterocycles. The topological polar surface area (TPSA) is 102 Å². The molecule has 9 nitrogen and oxygen atoms in total. The van der Waals surface area contributed by atoms with Crippen LogP contribution in [0.25, 0.3) is 0 Å². The summed E-state index contributed by atoms with van der Waals surface area (Å²) in [4.78, 5) is 30.2. The zero-order chi connectivity index (χ0) is 29.0. The molecule has 0 bridgehead atoms. The molecule has 0 unspecified atom stereocenters. The molecule has 2 aliphatic carbocycles. The Kier molecular flexibility index (Phi) is 6.72. The molecule has 2 aliphatic heterocycles. The van der Waals surface area contributed by atoms with Crippen LogP contribution in [0.2, 0.25) is 0 Å². The fraction of sp³-hybridized carbons (Fsp3) is 0.500. The Morgan fingerprint density at radius 1 is 1.10 bits per heavy atom. The monoisotopic (exact) mass is 586 g/mol. The number of carbonyl (C=O) groups excluding carboxylic acids is 1. The molecular weight excluding hydrogens is 548 g/mol. The van der Waals surface area contributed by atoms with Gasteiger partial charge in [0, 0.05) is 24.7 Å². The van der Waals surface area contributed by atoms with E-state index in [0.29, 0.717) is 6.61 Å². The molecule has 1 atom stereocenters. The van der Waals surface area contributed by atoms with Crippen LogP contribution in [0.3, 0.4) is 0 Å². The van der Waals surface area contributed by atoms with E-state index >= 15 is 0 Å². The predicted octanol–water partition coefficient (Wildman–Crippen LogP) is 6.16. The van der Waals surface area contributed by atoms with Gasteiger partial charge in [0.2, 0.25) is 0 Å². The van der Waals surface area contributed by atoms with Crippen LogP contribution in [0, 0.1) is 5.41 Å². The van der Waals surface area contributed by atoms with Crippen molar-refractivity contribution in [3.05, 3.63) is 60.0 Å². The molecule has 2 spiro atoms. The number of aromatic nitrogens is 3. The number of hydrogen-bond donors (Lipinski definition) is 2. The van der Waals surface area contributed by atoms with E-state index in [1.807, 2.05) is 45.4 Å². The highest BCUT2D eigenvalue weighted by atomic mass is 32.2. The molecule has 4 heterocycles. The molecule has 2 N–H and O–H groups in total. The molecule has 4 aliphatic rings. The molecular formula is C32H38N6O3S. The van der Waals surface area contributed by atoms with Crippen LogP contribution in [-0.2, 0) is 11.2 Å². The maximum Gasteiger partial charge on any atom is 0.408 e. The van der Waals surface area contributed by atoms with Crippen LogP contribution in [-0.4, -0.2) is 51.9 Å². The predicted molar refractivity (Wildman–Crippen MR) is 162 cm³/mol. The number of amides is 1. The van der Waals surface area contributed by atoms with E-state index in [2.05, 4.69) is 44.8 Å². The summed E-state index contributed by atoms with van der Waals surface area (Å²) in [6.45, 7) is 8.07. The lowest BCUT2D eigenvalue weighted by atomic mass is 9.72. The van der Waals surface area contributed by atoms with Gasteiger partial charge in [-0.25, -0.2) is 19.7 Å². The molecule has 1 aromatic carbocycles. The number of alkyl carbamates (subject to hydrolysis) is 1. The van der Waals surface area contributed by atoms with Crippen molar-refractivity contribution in [2.45, 2.75) is 86.4 Å². The first kappa shape index (κ1) is 27.3. The molecule has 220 valence electrons. The molecule has 0 radical (unpaired) electrons. The van der Waals surface area contributed by atoms with Crippen molar-refractivity contribution in [2.75, 3.05) is 29.9 Å². The molecule has 3 aromatic rings. The molecule has 1 saturated heterocycles. The highest BCUT2D eigenvalue weighted by molar-refractivity contribution is 7.99. The summed E-state index contributed by atoms with van der Waals surface area (Å²) in [5.41, 5.74) is 1.99. The molecule has 10 heteroatoms. The van der Waals surface area contributed by atoms with Gasteiger partial charge in [-0.2, -0.15) is 0 Å². The van der Waals surface area contributed by atoms with Crippen LogP contribution in [0.5, 0.6) is 5.75 Å². The lowest BCUT2D eigenvalue weighted by Crippen LogP contribution is -2.52. The number of hydrogen-bond acceptors (Lipinski definition) is 9. The number of rotatable bonds is 4. The van der Waals surface area contributed by atoms with Gasteiger partial charge in [-0.05, 0) is 76.5 Å². The van der Waals surface area contributed by atoms with Crippen LogP contribution < -0.4 is 20.3 Å². The maximum absolute atomic E-state index is 12.8. The average Bonchev–Trinajstić information content (AvgIpc) is 3.24. The number of ether oxygens (including phenoxy) is 2. The fourth-order valence-electron chi connectivity index (χ4n) is 6.84. The van der Waals surface area contributed by atoms with Crippen molar-refractivity contribution in [3.63, 3.8) is 0 Å². The Labute approximate surface area is 251 Å². The Hall–Kier alpha value is -3.53. The van der Waals surface area contributed by atoms with Crippen LogP contribution in [0.4, 0.5) is 16.4 Å². The number of anilines is 2. The maximum atomic E-state index is 12.8. The highest BCUT2D eigenvalue weighted by Crippen LogP contribution is 2.52. The van der Waals surface area contributed by atoms with E-state index in [4.69, 9.17) is 19.4 Å². The highest BCUT2D eigenvalue weighted by Gasteiger charge is 2.49. The zero-order valence-electron chi connectivity index (χ0n) is 24.5. The third-order valence-electron chi connectivity index (χ3n) is 9.15. The van der Waals surface area contributed by atoms with Crippen molar-refractivity contribution < 1.29 is 14.3 Å².